The van der Waals surface area contributed by atoms with E-state index in [1.54, 1.807) is 6.20 Å². The van der Waals surface area contributed by atoms with Gasteiger partial charge in [0.25, 0.3) is 0 Å². The molecule has 4 heterocycles. The highest BCUT2D eigenvalue weighted by molar-refractivity contribution is 7.80. The third kappa shape index (κ3) is 3.46. The molecule has 1 aliphatic rings. The number of nitrogens with zero attached hydrogens (tertiary/aromatic N) is 4. The standard InChI is InChI=1S/C24H21N5S/c30-24-27-22(20-11-4-5-14-26-20)23(29(24)17-18-8-6-13-25-16-18)21-12-7-15-28(21)19-9-2-1-3-10-19/h1-16,22-23H,17H2,(H,27,30)/t22-,23-/m0/s1. The molecule has 1 aromatic carbocycles. The summed E-state index contributed by atoms with van der Waals surface area (Å²) in [5, 5.41) is 4.24. The zero-order valence-electron chi connectivity index (χ0n) is 16.3. The first-order valence-electron chi connectivity index (χ1n) is 9.91. The Morgan fingerprint density at radius 3 is 2.53 bits per heavy atom. The topological polar surface area (TPSA) is 46.0 Å². The molecule has 2 atom stereocenters. The van der Waals surface area contributed by atoms with Gasteiger partial charge in [0.15, 0.2) is 5.11 Å². The molecular weight excluding hydrogens is 390 g/mol. The molecule has 0 saturated carbocycles. The average Bonchev–Trinajstić information content (AvgIpc) is 3.40. The molecule has 0 unspecified atom stereocenters. The largest absolute Gasteiger partial charge is 0.352 e. The summed E-state index contributed by atoms with van der Waals surface area (Å²) in [4.78, 5) is 11.1. The first-order chi connectivity index (χ1) is 14.8. The molecule has 0 spiro atoms. The number of benzene rings is 1. The fraction of sp³-hybridized carbons (Fsp3) is 0.125. The van der Waals surface area contributed by atoms with E-state index in [9.17, 15) is 0 Å². The average molecular weight is 412 g/mol. The highest BCUT2D eigenvalue weighted by atomic mass is 32.1. The monoisotopic (exact) mass is 411 g/mol. The molecule has 1 fully saturated rings. The van der Waals surface area contributed by atoms with Crippen molar-refractivity contribution < 1.29 is 0 Å². The Morgan fingerprint density at radius 1 is 0.900 bits per heavy atom. The highest BCUT2D eigenvalue weighted by Crippen LogP contribution is 2.40. The van der Waals surface area contributed by atoms with Crippen molar-refractivity contribution in [3.05, 3.63) is 115 Å². The van der Waals surface area contributed by atoms with Crippen LogP contribution in [0.25, 0.3) is 5.69 Å². The summed E-state index contributed by atoms with van der Waals surface area (Å²) in [5.74, 6) is 0. The minimum atomic E-state index is -0.0484. The Balaban J connectivity index is 1.60. The summed E-state index contributed by atoms with van der Waals surface area (Å²) in [7, 11) is 0. The van der Waals surface area contributed by atoms with E-state index in [4.69, 9.17) is 12.2 Å². The third-order valence-electron chi connectivity index (χ3n) is 5.39. The fourth-order valence-corrected chi connectivity index (χ4v) is 4.35. The van der Waals surface area contributed by atoms with Gasteiger partial charge < -0.3 is 14.8 Å². The number of hydrogen-bond donors (Lipinski definition) is 1. The van der Waals surface area contributed by atoms with Crippen molar-refractivity contribution in [2.45, 2.75) is 18.6 Å². The summed E-state index contributed by atoms with van der Waals surface area (Å²) in [6, 6.07) is 24.6. The van der Waals surface area contributed by atoms with Gasteiger partial charge in [0, 0.05) is 42.7 Å². The van der Waals surface area contributed by atoms with Crippen LogP contribution in [0, 0.1) is 0 Å². The molecule has 1 N–H and O–H groups in total. The van der Waals surface area contributed by atoms with Crippen molar-refractivity contribution in [2.75, 3.05) is 0 Å². The van der Waals surface area contributed by atoms with E-state index in [2.05, 4.69) is 79.5 Å². The maximum Gasteiger partial charge on any atom is 0.170 e. The zero-order valence-corrected chi connectivity index (χ0v) is 17.1. The Labute approximate surface area is 181 Å². The van der Waals surface area contributed by atoms with Gasteiger partial charge in [-0.25, -0.2) is 0 Å². The molecule has 1 aliphatic heterocycles. The second-order valence-electron chi connectivity index (χ2n) is 7.25. The number of thiocarbonyl (C=S) groups is 1. The van der Waals surface area contributed by atoms with Gasteiger partial charge >= 0.3 is 0 Å². The van der Waals surface area contributed by atoms with Gasteiger partial charge in [-0.2, -0.15) is 0 Å². The van der Waals surface area contributed by atoms with Crippen molar-refractivity contribution in [1.82, 2.24) is 24.8 Å². The lowest BCUT2D eigenvalue weighted by molar-refractivity contribution is 0.302. The molecule has 3 aromatic heterocycles. The van der Waals surface area contributed by atoms with Crippen molar-refractivity contribution in [2.24, 2.45) is 0 Å². The number of rotatable bonds is 5. The van der Waals surface area contributed by atoms with Crippen LogP contribution >= 0.6 is 12.2 Å². The number of para-hydroxylation sites is 1. The van der Waals surface area contributed by atoms with Crippen LogP contribution in [-0.4, -0.2) is 24.5 Å². The van der Waals surface area contributed by atoms with E-state index in [-0.39, 0.29) is 12.1 Å². The number of aromatic nitrogens is 3. The maximum atomic E-state index is 5.79. The Morgan fingerprint density at radius 2 is 1.77 bits per heavy atom. The Hall–Kier alpha value is -3.51. The molecule has 30 heavy (non-hydrogen) atoms. The predicted molar refractivity (Wildman–Crippen MR) is 121 cm³/mol. The van der Waals surface area contributed by atoms with Crippen molar-refractivity contribution in [3.8, 4) is 5.69 Å². The van der Waals surface area contributed by atoms with Crippen molar-refractivity contribution in [1.29, 1.82) is 0 Å². The molecule has 1 saturated heterocycles. The molecule has 148 valence electrons. The predicted octanol–water partition coefficient (Wildman–Crippen LogP) is 4.44. The lowest BCUT2D eigenvalue weighted by Crippen LogP contribution is -2.30. The van der Waals surface area contributed by atoms with Gasteiger partial charge in [0.05, 0.1) is 17.8 Å². The van der Waals surface area contributed by atoms with Gasteiger partial charge in [-0.05, 0) is 60.2 Å². The summed E-state index contributed by atoms with van der Waals surface area (Å²) in [6.45, 7) is 0.674. The van der Waals surface area contributed by atoms with E-state index < -0.39 is 0 Å². The summed E-state index contributed by atoms with van der Waals surface area (Å²) in [5.41, 5.74) is 4.37. The maximum absolute atomic E-state index is 5.79. The number of hydrogen-bond acceptors (Lipinski definition) is 3. The Bertz CT molecular complexity index is 1130. The minimum Gasteiger partial charge on any atom is -0.352 e. The Kier molecular flexibility index (Phi) is 4.99. The van der Waals surface area contributed by atoms with Crippen LogP contribution in [0.1, 0.15) is 29.0 Å². The molecule has 4 aromatic rings. The first-order valence-corrected chi connectivity index (χ1v) is 10.3. The van der Waals surface area contributed by atoms with Gasteiger partial charge in [-0.1, -0.05) is 30.3 Å². The SMILES string of the molecule is S=C1N[C@@H](c2ccccn2)[C@H](c2cccn2-c2ccccc2)N1Cc1cccnc1. The van der Waals surface area contributed by atoms with E-state index in [0.717, 1.165) is 27.8 Å². The fourth-order valence-electron chi connectivity index (χ4n) is 4.04. The van der Waals surface area contributed by atoms with E-state index >= 15 is 0 Å². The minimum absolute atomic E-state index is 0.0113. The second-order valence-corrected chi connectivity index (χ2v) is 7.64. The van der Waals surface area contributed by atoms with Crippen LogP contribution in [0.3, 0.4) is 0 Å². The number of nitrogens with one attached hydrogen (secondary N) is 1. The lowest BCUT2D eigenvalue weighted by Gasteiger charge is -2.29. The summed E-state index contributed by atoms with van der Waals surface area (Å²) >= 11 is 5.79. The highest BCUT2D eigenvalue weighted by Gasteiger charge is 2.41. The third-order valence-corrected chi connectivity index (χ3v) is 5.74. The number of pyridine rings is 2. The normalized spacial score (nSPS) is 18.4. The van der Waals surface area contributed by atoms with Gasteiger partial charge in [-0.3, -0.25) is 9.97 Å². The van der Waals surface area contributed by atoms with E-state index in [1.807, 2.05) is 36.7 Å². The molecule has 5 nitrogen and oxygen atoms in total. The van der Waals surface area contributed by atoms with Crippen LogP contribution in [0.5, 0.6) is 0 Å². The second kappa shape index (κ2) is 8.08. The van der Waals surface area contributed by atoms with Crippen LogP contribution < -0.4 is 5.32 Å². The molecule has 5 rings (SSSR count). The molecule has 0 amide bonds. The van der Waals surface area contributed by atoms with Crippen molar-refractivity contribution in [3.63, 3.8) is 0 Å². The van der Waals surface area contributed by atoms with E-state index in [0.29, 0.717) is 6.54 Å². The summed E-state index contributed by atoms with van der Waals surface area (Å²) in [6.07, 6.45) is 7.61. The van der Waals surface area contributed by atoms with Gasteiger partial charge in [0.2, 0.25) is 0 Å². The van der Waals surface area contributed by atoms with Crippen LogP contribution in [0.15, 0.2) is 97.6 Å². The zero-order chi connectivity index (χ0) is 20.3. The van der Waals surface area contributed by atoms with Crippen LogP contribution in [0.4, 0.5) is 0 Å². The van der Waals surface area contributed by atoms with Crippen LogP contribution in [-0.2, 0) is 6.54 Å². The quantitative estimate of drug-likeness (QED) is 0.492. The molecule has 0 aliphatic carbocycles. The van der Waals surface area contributed by atoms with Gasteiger partial charge in [-0.15, -0.1) is 0 Å². The molecule has 0 bridgehead atoms. The molecule has 6 heteroatoms. The smallest absolute Gasteiger partial charge is 0.170 e. The van der Waals surface area contributed by atoms with E-state index in [1.165, 1.54) is 0 Å². The lowest BCUT2D eigenvalue weighted by atomic mass is 10.0. The van der Waals surface area contributed by atoms with Crippen molar-refractivity contribution >= 4 is 17.3 Å². The molecule has 0 radical (unpaired) electrons. The first kappa shape index (κ1) is 18.5. The molecular formula is C24H21N5S. The van der Waals surface area contributed by atoms with Crippen LogP contribution in [0.2, 0.25) is 0 Å². The van der Waals surface area contributed by atoms with Gasteiger partial charge in [0.1, 0.15) is 0 Å². The summed E-state index contributed by atoms with van der Waals surface area (Å²) < 4.78 is 2.23.